The number of nitrogens with zero attached hydrogens (tertiary/aromatic N) is 4. The Balaban J connectivity index is 1.17. The molecule has 1 aliphatic heterocycles. The van der Waals surface area contributed by atoms with Gasteiger partial charge >= 0.3 is 0 Å². The Hall–Kier alpha value is -4.31. The molecule has 10 heteroatoms. The van der Waals surface area contributed by atoms with Crippen LogP contribution in [0.25, 0.3) is 22.6 Å². The van der Waals surface area contributed by atoms with Gasteiger partial charge in [0.2, 0.25) is 5.88 Å². The summed E-state index contributed by atoms with van der Waals surface area (Å²) < 4.78 is 0. The van der Waals surface area contributed by atoms with Crippen molar-refractivity contribution in [3.63, 3.8) is 0 Å². The molecule has 0 atom stereocenters. The molecular formula is C24H22N6O4. The molecule has 34 heavy (non-hydrogen) atoms. The van der Waals surface area contributed by atoms with Gasteiger partial charge in [-0.3, -0.25) is 14.9 Å². The second-order valence-corrected chi connectivity index (χ2v) is 8.04. The summed E-state index contributed by atoms with van der Waals surface area (Å²) >= 11 is 0. The van der Waals surface area contributed by atoms with Crippen molar-refractivity contribution in [2.75, 3.05) is 13.1 Å². The maximum atomic E-state index is 12.5. The van der Waals surface area contributed by atoms with Crippen LogP contribution in [-0.2, 0) is 0 Å². The molecule has 0 unspecified atom stereocenters. The van der Waals surface area contributed by atoms with Crippen molar-refractivity contribution in [1.82, 2.24) is 25.3 Å². The summed E-state index contributed by atoms with van der Waals surface area (Å²) in [5, 5.41) is 15.7. The lowest BCUT2D eigenvalue weighted by atomic mass is 10.1. The third kappa shape index (κ3) is 4.71. The van der Waals surface area contributed by atoms with Crippen molar-refractivity contribution in [2.24, 2.45) is 0 Å². The highest BCUT2D eigenvalue weighted by Crippen LogP contribution is 2.22. The lowest BCUT2D eigenvalue weighted by Crippen LogP contribution is -2.45. The minimum absolute atomic E-state index is 0.0403. The molecule has 0 spiro atoms. The molecule has 1 aliphatic rings. The number of nitro benzene ring substituents is 1. The number of aromatic nitrogens is 3. The lowest BCUT2D eigenvalue weighted by molar-refractivity contribution is -0.384. The summed E-state index contributed by atoms with van der Waals surface area (Å²) in [6, 6.07) is 19.0. The number of carbonyl (C=O) groups is 1. The Bertz CT molecular complexity index is 1310. The largest absolute Gasteiger partial charge is 0.386 e. The summed E-state index contributed by atoms with van der Waals surface area (Å²) in [5.41, 5.74) is 2.68. The highest BCUT2D eigenvalue weighted by molar-refractivity contribution is 5.95. The van der Waals surface area contributed by atoms with Gasteiger partial charge in [-0.05, 0) is 37.1 Å². The average Bonchev–Trinajstić information content (AvgIpc) is 3.30. The number of non-ortho nitro benzene ring substituents is 1. The topological polar surface area (TPSA) is 126 Å². The maximum absolute atomic E-state index is 12.5. The third-order valence-corrected chi connectivity index (χ3v) is 5.69. The Morgan fingerprint density at radius 2 is 1.85 bits per heavy atom. The molecule has 2 N–H and O–H groups in total. The van der Waals surface area contributed by atoms with E-state index in [0.29, 0.717) is 43.3 Å². The number of pyridine rings is 1. The predicted octanol–water partition coefficient (Wildman–Crippen LogP) is 3.72. The van der Waals surface area contributed by atoms with Crippen LogP contribution in [0.2, 0.25) is 0 Å². The summed E-state index contributed by atoms with van der Waals surface area (Å²) in [7, 11) is 0. The average molecular weight is 458 g/mol. The first kappa shape index (κ1) is 21.5. The van der Waals surface area contributed by atoms with Gasteiger partial charge in [-0.15, -0.1) is 5.06 Å². The van der Waals surface area contributed by atoms with E-state index in [1.54, 1.807) is 12.1 Å². The quantitative estimate of drug-likeness (QED) is 0.333. The zero-order valence-electron chi connectivity index (χ0n) is 18.2. The number of rotatable bonds is 6. The van der Waals surface area contributed by atoms with E-state index in [4.69, 9.17) is 4.84 Å². The number of benzene rings is 2. The number of nitro groups is 1. The fourth-order valence-corrected chi connectivity index (χ4v) is 3.92. The number of aromatic amines is 1. The SMILES string of the molecule is O=C(NC1CCN(Oc2cccc(-c3nc4ccccc4[nH]3)n2)CC1)c1cccc([N+](=O)[O-])c1. The van der Waals surface area contributed by atoms with E-state index in [1.165, 1.54) is 18.2 Å². The molecule has 4 aromatic rings. The van der Waals surface area contributed by atoms with Crippen LogP contribution >= 0.6 is 0 Å². The van der Waals surface area contributed by atoms with Crippen LogP contribution in [0.1, 0.15) is 23.2 Å². The summed E-state index contributed by atoms with van der Waals surface area (Å²) in [4.78, 5) is 41.3. The number of imidazole rings is 1. The number of hydroxylamine groups is 2. The standard InChI is InChI=1S/C24H22N6O4/c31-24(16-5-3-6-18(15-16)30(32)33)25-17-11-13-29(14-12-17)34-22-10-4-9-21(26-22)23-27-19-7-1-2-8-20(19)28-23/h1-10,15,17H,11-14H2,(H,25,31)(H,27,28). The van der Waals surface area contributed by atoms with Gasteiger partial charge in [-0.1, -0.05) is 24.3 Å². The minimum atomic E-state index is -0.510. The van der Waals surface area contributed by atoms with Crippen molar-refractivity contribution in [1.29, 1.82) is 0 Å². The Morgan fingerprint density at radius 3 is 2.65 bits per heavy atom. The zero-order valence-corrected chi connectivity index (χ0v) is 18.2. The van der Waals surface area contributed by atoms with Crippen molar-refractivity contribution < 1.29 is 14.6 Å². The van der Waals surface area contributed by atoms with Gasteiger partial charge in [-0.25, -0.2) is 9.97 Å². The first-order valence-corrected chi connectivity index (χ1v) is 11.0. The van der Waals surface area contributed by atoms with Gasteiger partial charge < -0.3 is 15.1 Å². The lowest BCUT2D eigenvalue weighted by Gasteiger charge is -2.31. The monoisotopic (exact) mass is 458 g/mol. The van der Waals surface area contributed by atoms with Gasteiger partial charge in [0.05, 0.1) is 16.0 Å². The smallest absolute Gasteiger partial charge is 0.270 e. The molecular weight excluding hydrogens is 436 g/mol. The highest BCUT2D eigenvalue weighted by atomic mass is 16.7. The van der Waals surface area contributed by atoms with Crippen LogP contribution in [0.3, 0.4) is 0 Å². The van der Waals surface area contributed by atoms with Crippen LogP contribution in [-0.4, -0.2) is 50.0 Å². The normalized spacial score (nSPS) is 14.7. The molecule has 0 radical (unpaired) electrons. The highest BCUT2D eigenvalue weighted by Gasteiger charge is 2.23. The van der Waals surface area contributed by atoms with E-state index in [9.17, 15) is 14.9 Å². The van der Waals surface area contributed by atoms with Crippen molar-refractivity contribution in [3.05, 3.63) is 82.4 Å². The number of hydrogen-bond donors (Lipinski definition) is 2. The Kier molecular flexibility index (Phi) is 5.88. The molecule has 2 aromatic heterocycles. The molecule has 172 valence electrons. The molecule has 1 amide bonds. The van der Waals surface area contributed by atoms with Crippen LogP contribution in [0.5, 0.6) is 5.88 Å². The number of carbonyl (C=O) groups excluding carboxylic acids is 1. The molecule has 10 nitrogen and oxygen atoms in total. The third-order valence-electron chi connectivity index (χ3n) is 5.69. The van der Waals surface area contributed by atoms with Gasteiger partial charge in [-0.2, -0.15) is 0 Å². The fourth-order valence-electron chi connectivity index (χ4n) is 3.92. The number of piperidine rings is 1. The van der Waals surface area contributed by atoms with E-state index in [0.717, 1.165) is 11.0 Å². The zero-order chi connectivity index (χ0) is 23.5. The molecule has 0 saturated carbocycles. The van der Waals surface area contributed by atoms with E-state index in [-0.39, 0.29) is 23.2 Å². The van der Waals surface area contributed by atoms with Gasteiger partial charge in [0.15, 0.2) is 5.82 Å². The van der Waals surface area contributed by atoms with E-state index in [2.05, 4.69) is 20.3 Å². The summed E-state index contributed by atoms with van der Waals surface area (Å²) in [5.74, 6) is 0.828. The molecule has 0 aliphatic carbocycles. The molecule has 5 rings (SSSR count). The maximum Gasteiger partial charge on any atom is 0.270 e. The van der Waals surface area contributed by atoms with Crippen molar-refractivity contribution in [2.45, 2.75) is 18.9 Å². The van der Waals surface area contributed by atoms with Crippen LogP contribution < -0.4 is 10.2 Å². The fraction of sp³-hybridized carbons (Fsp3) is 0.208. The van der Waals surface area contributed by atoms with E-state index in [1.807, 2.05) is 41.5 Å². The summed E-state index contributed by atoms with van der Waals surface area (Å²) in [6.07, 6.45) is 1.37. The number of amides is 1. The van der Waals surface area contributed by atoms with Gasteiger partial charge in [0, 0.05) is 42.9 Å². The van der Waals surface area contributed by atoms with Gasteiger partial charge in [0.25, 0.3) is 11.6 Å². The second kappa shape index (κ2) is 9.28. The van der Waals surface area contributed by atoms with Crippen molar-refractivity contribution >= 4 is 22.6 Å². The molecule has 3 heterocycles. The first-order valence-electron chi connectivity index (χ1n) is 11.0. The predicted molar refractivity (Wildman–Crippen MR) is 125 cm³/mol. The number of hydrogen-bond acceptors (Lipinski definition) is 7. The van der Waals surface area contributed by atoms with Crippen LogP contribution in [0.15, 0.2) is 66.7 Å². The molecule has 1 fully saturated rings. The van der Waals surface area contributed by atoms with Gasteiger partial charge in [0.1, 0.15) is 5.69 Å². The van der Waals surface area contributed by atoms with Crippen molar-refractivity contribution in [3.8, 4) is 17.4 Å². The van der Waals surface area contributed by atoms with E-state index >= 15 is 0 Å². The summed E-state index contributed by atoms with van der Waals surface area (Å²) in [6.45, 7) is 1.22. The number of fused-ring (bicyclic) bond motifs is 1. The second-order valence-electron chi connectivity index (χ2n) is 8.04. The number of para-hydroxylation sites is 2. The number of H-pyrrole nitrogens is 1. The number of nitrogens with one attached hydrogen (secondary N) is 2. The van der Waals surface area contributed by atoms with Crippen LogP contribution in [0, 0.1) is 10.1 Å². The Morgan fingerprint density at radius 1 is 1.06 bits per heavy atom. The molecule has 2 aromatic carbocycles. The van der Waals surface area contributed by atoms with E-state index < -0.39 is 4.92 Å². The Labute approximate surface area is 194 Å². The first-order chi connectivity index (χ1) is 16.5. The van der Waals surface area contributed by atoms with Crippen LogP contribution in [0.4, 0.5) is 5.69 Å². The molecule has 1 saturated heterocycles. The minimum Gasteiger partial charge on any atom is -0.386 e. The molecule has 0 bridgehead atoms.